The molecule has 0 amide bonds. The predicted molar refractivity (Wildman–Crippen MR) is 69.7 cm³/mol. The molecule has 0 saturated heterocycles. The van der Waals surface area contributed by atoms with E-state index in [0.29, 0.717) is 0 Å². The first kappa shape index (κ1) is 11.2. The fourth-order valence-electron chi connectivity index (χ4n) is 3.06. The van der Waals surface area contributed by atoms with E-state index in [1.165, 1.54) is 0 Å². The monoisotopic (exact) mass is 240 g/mol. The number of aromatic amines is 1. The Balaban J connectivity index is 2.12. The Hall–Kier alpha value is -1.90. The summed E-state index contributed by atoms with van der Waals surface area (Å²) in [7, 11) is 0. The Morgan fingerprint density at radius 1 is 1.39 bits per heavy atom. The maximum Gasteiger partial charge on any atom is 0.175 e. The van der Waals surface area contributed by atoms with E-state index < -0.39 is 5.41 Å². The van der Waals surface area contributed by atoms with Gasteiger partial charge in [0.25, 0.3) is 0 Å². The number of Topliss-reactive ketones (excluding diaryl/α,β-unsaturated/α-hetero) is 1. The van der Waals surface area contributed by atoms with Crippen molar-refractivity contribution in [3.05, 3.63) is 53.6 Å². The fourth-order valence-corrected chi connectivity index (χ4v) is 3.06. The van der Waals surface area contributed by atoms with Crippen LogP contribution in [0.15, 0.2) is 36.8 Å². The number of carbonyl (C=O) groups is 1. The highest BCUT2D eigenvalue weighted by molar-refractivity contribution is 6.08. The van der Waals surface area contributed by atoms with E-state index >= 15 is 0 Å². The fraction of sp³-hybridized carbons (Fsp3) is 0.333. The molecule has 0 saturated carbocycles. The molecule has 0 spiro atoms. The summed E-state index contributed by atoms with van der Waals surface area (Å²) in [5.41, 5.74) is 2.56. The van der Waals surface area contributed by atoms with Crippen molar-refractivity contribution < 1.29 is 4.79 Å². The lowest BCUT2D eigenvalue weighted by atomic mass is 9.77. The minimum absolute atomic E-state index is 0.240. The Bertz CT molecular complexity index is 574. The third kappa shape index (κ3) is 1.43. The molecule has 1 unspecified atom stereocenters. The van der Waals surface area contributed by atoms with Crippen LogP contribution in [0.25, 0.3) is 0 Å². The highest BCUT2D eigenvalue weighted by atomic mass is 16.1. The lowest BCUT2D eigenvalue weighted by molar-refractivity contribution is 0.0890. The molecule has 1 aliphatic carbocycles. The molecule has 1 aromatic heterocycles. The third-order valence-electron chi connectivity index (χ3n) is 3.88. The molecule has 3 heteroatoms. The van der Waals surface area contributed by atoms with Gasteiger partial charge in [0.15, 0.2) is 5.78 Å². The predicted octanol–water partition coefficient (Wildman–Crippen LogP) is 2.89. The van der Waals surface area contributed by atoms with E-state index in [-0.39, 0.29) is 5.78 Å². The van der Waals surface area contributed by atoms with Crippen LogP contribution < -0.4 is 0 Å². The number of aromatic nitrogens is 2. The number of rotatable bonds is 3. The first-order chi connectivity index (χ1) is 8.78. The average Bonchev–Trinajstić information content (AvgIpc) is 2.99. The van der Waals surface area contributed by atoms with Gasteiger partial charge >= 0.3 is 0 Å². The molecule has 0 fully saturated rings. The second kappa shape index (κ2) is 4.09. The molecule has 1 heterocycles. The molecule has 92 valence electrons. The molecule has 0 bridgehead atoms. The second-order valence-electron chi connectivity index (χ2n) is 4.96. The summed E-state index contributed by atoms with van der Waals surface area (Å²) in [4.78, 5) is 20.0. The normalized spacial score (nSPS) is 22.2. The zero-order valence-electron chi connectivity index (χ0n) is 10.4. The van der Waals surface area contributed by atoms with Crippen molar-refractivity contribution in [3.63, 3.8) is 0 Å². The van der Waals surface area contributed by atoms with E-state index in [0.717, 1.165) is 36.1 Å². The van der Waals surface area contributed by atoms with E-state index in [2.05, 4.69) is 23.0 Å². The van der Waals surface area contributed by atoms with Gasteiger partial charge in [-0.05, 0) is 18.4 Å². The maximum atomic E-state index is 12.8. The van der Waals surface area contributed by atoms with Crippen LogP contribution in [0, 0.1) is 0 Å². The molecule has 1 aliphatic rings. The quantitative estimate of drug-likeness (QED) is 0.896. The summed E-state index contributed by atoms with van der Waals surface area (Å²) < 4.78 is 0. The first-order valence-corrected chi connectivity index (χ1v) is 6.39. The summed E-state index contributed by atoms with van der Waals surface area (Å²) in [6.45, 7) is 2.12. The zero-order chi connectivity index (χ0) is 12.6. The summed E-state index contributed by atoms with van der Waals surface area (Å²) >= 11 is 0. The highest BCUT2D eigenvalue weighted by Gasteiger charge is 2.46. The molecular weight excluding hydrogens is 224 g/mol. The van der Waals surface area contributed by atoms with Gasteiger partial charge in [0.05, 0.1) is 11.7 Å². The number of H-pyrrole nitrogens is 1. The van der Waals surface area contributed by atoms with Gasteiger partial charge in [0.1, 0.15) is 0 Å². The zero-order valence-corrected chi connectivity index (χ0v) is 10.4. The van der Waals surface area contributed by atoms with E-state index in [4.69, 9.17) is 0 Å². The van der Waals surface area contributed by atoms with Gasteiger partial charge in [0, 0.05) is 17.5 Å². The van der Waals surface area contributed by atoms with Crippen molar-refractivity contribution in [2.24, 2.45) is 0 Å². The van der Waals surface area contributed by atoms with Gasteiger partial charge in [-0.2, -0.15) is 0 Å². The number of carbonyl (C=O) groups excluding carboxylic acids is 1. The Labute approximate surface area is 106 Å². The number of fused-ring (bicyclic) bond motifs is 1. The molecule has 2 aromatic rings. The highest BCUT2D eigenvalue weighted by Crippen LogP contribution is 2.42. The maximum absolute atomic E-state index is 12.8. The molecule has 3 nitrogen and oxygen atoms in total. The van der Waals surface area contributed by atoms with Crippen molar-refractivity contribution >= 4 is 5.78 Å². The minimum Gasteiger partial charge on any atom is -0.348 e. The lowest BCUT2D eigenvalue weighted by Crippen LogP contribution is -2.33. The largest absolute Gasteiger partial charge is 0.348 e. The number of nitrogens with zero attached hydrogens (tertiary/aromatic N) is 1. The Morgan fingerprint density at radius 3 is 2.89 bits per heavy atom. The number of imidazole rings is 1. The molecule has 1 aromatic carbocycles. The smallest absolute Gasteiger partial charge is 0.175 e. The summed E-state index contributed by atoms with van der Waals surface area (Å²) in [6, 6.07) is 7.93. The van der Waals surface area contributed by atoms with Gasteiger partial charge in [-0.1, -0.05) is 37.6 Å². The Morgan fingerprint density at radius 2 is 2.22 bits per heavy atom. The van der Waals surface area contributed by atoms with Crippen LogP contribution in [-0.4, -0.2) is 15.8 Å². The lowest BCUT2D eigenvalue weighted by Gasteiger charge is -2.25. The van der Waals surface area contributed by atoms with Crippen molar-refractivity contribution in [3.8, 4) is 0 Å². The van der Waals surface area contributed by atoms with Crippen molar-refractivity contribution in [1.82, 2.24) is 9.97 Å². The van der Waals surface area contributed by atoms with Crippen LogP contribution in [0.5, 0.6) is 0 Å². The van der Waals surface area contributed by atoms with E-state index in [9.17, 15) is 4.79 Å². The van der Waals surface area contributed by atoms with Crippen molar-refractivity contribution in [2.75, 3.05) is 0 Å². The molecule has 1 atom stereocenters. The molecule has 0 aliphatic heterocycles. The van der Waals surface area contributed by atoms with Gasteiger partial charge < -0.3 is 4.98 Å². The molecular formula is C15H16N2O. The second-order valence-corrected chi connectivity index (χ2v) is 4.96. The molecule has 3 rings (SSSR count). The van der Waals surface area contributed by atoms with E-state index in [1.807, 2.05) is 18.2 Å². The summed E-state index contributed by atoms with van der Waals surface area (Å²) in [5.74, 6) is 0.240. The van der Waals surface area contributed by atoms with Crippen LogP contribution in [0.1, 0.15) is 41.4 Å². The van der Waals surface area contributed by atoms with Gasteiger partial charge in [0.2, 0.25) is 0 Å². The number of ketones is 1. The standard InChI is InChI=1S/C15H16N2O/c1-2-7-15(13-9-16-10-17-13)8-11-5-3-4-6-12(11)14(15)18/h3-6,9-10H,2,7-8H2,1H3,(H,16,17). The van der Waals surface area contributed by atoms with Crippen LogP contribution in [0.4, 0.5) is 0 Å². The van der Waals surface area contributed by atoms with E-state index in [1.54, 1.807) is 12.5 Å². The van der Waals surface area contributed by atoms with Gasteiger partial charge in [-0.25, -0.2) is 4.98 Å². The van der Waals surface area contributed by atoms with Crippen molar-refractivity contribution in [1.29, 1.82) is 0 Å². The van der Waals surface area contributed by atoms with Gasteiger partial charge in [-0.15, -0.1) is 0 Å². The topological polar surface area (TPSA) is 45.8 Å². The average molecular weight is 240 g/mol. The minimum atomic E-state index is -0.422. The van der Waals surface area contributed by atoms with Gasteiger partial charge in [-0.3, -0.25) is 4.79 Å². The number of hydrogen-bond acceptors (Lipinski definition) is 2. The van der Waals surface area contributed by atoms with Crippen LogP contribution in [-0.2, 0) is 11.8 Å². The number of benzene rings is 1. The Kier molecular flexibility index (Phi) is 2.54. The molecule has 1 N–H and O–H groups in total. The summed E-state index contributed by atoms with van der Waals surface area (Å²) in [5, 5.41) is 0. The SMILES string of the molecule is CCCC1(c2cnc[nH]2)Cc2ccccc2C1=O. The molecule has 0 radical (unpaired) electrons. The van der Waals surface area contributed by atoms with Crippen LogP contribution in [0.3, 0.4) is 0 Å². The van der Waals surface area contributed by atoms with Crippen LogP contribution in [0.2, 0.25) is 0 Å². The van der Waals surface area contributed by atoms with Crippen LogP contribution >= 0.6 is 0 Å². The number of hydrogen-bond donors (Lipinski definition) is 1. The van der Waals surface area contributed by atoms with Crippen molar-refractivity contribution in [2.45, 2.75) is 31.6 Å². The molecule has 18 heavy (non-hydrogen) atoms. The summed E-state index contributed by atoms with van der Waals surface area (Å²) in [6.07, 6.45) is 6.09. The number of nitrogens with one attached hydrogen (secondary N) is 1. The first-order valence-electron chi connectivity index (χ1n) is 6.39. The third-order valence-corrected chi connectivity index (χ3v) is 3.88.